The monoisotopic (exact) mass is 650 g/mol. The number of hydrogen-bond donors (Lipinski definition) is 4. The van der Waals surface area contributed by atoms with Gasteiger partial charge in [-0.3, -0.25) is 59.0 Å². The number of esters is 1. The van der Waals surface area contributed by atoms with Crippen LogP contribution in [0.3, 0.4) is 0 Å². The van der Waals surface area contributed by atoms with Gasteiger partial charge in [0.05, 0.1) is 12.1 Å². The molecule has 15 heteroatoms. The normalized spacial score (nSPS) is 14.7. The summed E-state index contributed by atoms with van der Waals surface area (Å²) in [6.45, 7) is 10.3. The van der Waals surface area contributed by atoms with Crippen LogP contribution in [-0.2, 0) is 43.1 Å². The average Bonchev–Trinajstić information content (AvgIpc) is 3.28. The van der Waals surface area contributed by atoms with Crippen LogP contribution in [0.25, 0.3) is 0 Å². The fraction of sp³-hybridized carbons (Fsp3) is 0.677. The minimum atomic E-state index is -1.25. The molecule has 1 heterocycles. The van der Waals surface area contributed by atoms with Gasteiger partial charge >= 0.3 is 5.97 Å². The van der Waals surface area contributed by atoms with Gasteiger partial charge in [-0.05, 0) is 51.6 Å². The summed E-state index contributed by atoms with van der Waals surface area (Å²) in [4.78, 5) is 99.7. The maximum Gasteiger partial charge on any atom is 0.305 e. The lowest BCUT2D eigenvalue weighted by atomic mass is 9.97. The topological polar surface area (TPSA) is 200 Å². The Labute approximate surface area is 270 Å². The number of ketones is 1. The van der Waals surface area contributed by atoms with Crippen LogP contribution in [0.5, 0.6) is 0 Å². The Balaban J connectivity index is 2.46. The van der Waals surface area contributed by atoms with Crippen molar-refractivity contribution in [2.45, 2.75) is 98.2 Å². The summed E-state index contributed by atoms with van der Waals surface area (Å²) >= 11 is 0. The number of hydrogen-bond acceptors (Lipinski definition) is 10. The van der Waals surface area contributed by atoms with Crippen molar-refractivity contribution >= 4 is 47.2 Å². The van der Waals surface area contributed by atoms with E-state index >= 15 is 0 Å². The first-order chi connectivity index (χ1) is 21.5. The van der Waals surface area contributed by atoms with Crippen LogP contribution in [-0.4, -0.2) is 102 Å². The lowest BCUT2D eigenvalue weighted by molar-refractivity contribution is -0.147. The highest BCUT2D eigenvalue weighted by Crippen LogP contribution is 2.13. The van der Waals surface area contributed by atoms with Crippen LogP contribution in [0.4, 0.5) is 0 Å². The summed E-state index contributed by atoms with van der Waals surface area (Å²) in [6, 6.07) is -2.36. The first-order valence-electron chi connectivity index (χ1n) is 15.6. The molecule has 46 heavy (non-hydrogen) atoms. The number of nitrogens with zero attached hydrogens (tertiary/aromatic N) is 2. The standard InChI is InChI=1S/C31H50N6O9/c1-19(2)28(21(5)38)33-31(45)29(20(3)4)36(7)16-11-13-27(43)46-18-23(32-22(6)39)30(44)35-34-24(40)12-9-8-10-17-37-25(41)14-15-26(37)42/h14-15,19-20,23,28-29H,8-13,16-18H2,1-7H3,(H,32,39)(H,33,45)(H,34,40)(H,35,44)/t23?,28-,29?/m0/s1. The molecule has 6 amide bonds. The minimum absolute atomic E-state index is 0.0133. The van der Waals surface area contributed by atoms with Gasteiger partial charge in [-0.25, -0.2) is 0 Å². The van der Waals surface area contributed by atoms with E-state index in [1.807, 2.05) is 32.6 Å². The van der Waals surface area contributed by atoms with Crippen LogP contribution in [0.2, 0.25) is 0 Å². The fourth-order valence-corrected chi connectivity index (χ4v) is 4.94. The highest BCUT2D eigenvalue weighted by molar-refractivity contribution is 6.12. The molecule has 2 unspecified atom stereocenters. The highest BCUT2D eigenvalue weighted by Gasteiger charge is 2.30. The predicted octanol–water partition coefficient (Wildman–Crippen LogP) is 0.134. The number of rotatable bonds is 20. The van der Waals surface area contributed by atoms with Gasteiger partial charge in [0.15, 0.2) is 5.78 Å². The largest absolute Gasteiger partial charge is 0.463 e. The third-order valence-corrected chi connectivity index (χ3v) is 7.29. The molecule has 0 aromatic carbocycles. The lowest BCUT2D eigenvalue weighted by Crippen LogP contribution is -2.54. The van der Waals surface area contributed by atoms with Gasteiger partial charge in [0.25, 0.3) is 17.7 Å². The maximum absolute atomic E-state index is 13.0. The molecule has 0 bridgehead atoms. The first kappa shape index (κ1) is 39.9. The summed E-state index contributed by atoms with van der Waals surface area (Å²) in [5.74, 6) is -3.67. The van der Waals surface area contributed by atoms with Gasteiger partial charge in [0.1, 0.15) is 12.6 Å². The van der Waals surface area contributed by atoms with E-state index < -0.39 is 48.4 Å². The van der Waals surface area contributed by atoms with Crippen molar-refractivity contribution in [1.82, 2.24) is 31.3 Å². The summed E-state index contributed by atoms with van der Waals surface area (Å²) in [7, 11) is 1.76. The number of hydrazine groups is 1. The molecule has 3 atom stereocenters. The number of imide groups is 1. The van der Waals surface area contributed by atoms with E-state index in [2.05, 4.69) is 21.5 Å². The molecule has 0 saturated heterocycles. The Hall–Kier alpha value is -4.14. The van der Waals surface area contributed by atoms with E-state index in [1.54, 1.807) is 7.05 Å². The van der Waals surface area contributed by atoms with Crippen molar-refractivity contribution in [1.29, 1.82) is 0 Å². The van der Waals surface area contributed by atoms with Crippen molar-refractivity contribution in [3.05, 3.63) is 12.2 Å². The first-order valence-corrected chi connectivity index (χ1v) is 15.6. The zero-order chi connectivity index (χ0) is 35.0. The quantitative estimate of drug-likeness (QED) is 0.0608. The number of nitrogens with one attached hydrogen (secondary N) is 4. The smallest absolute Gasteiger partial charge is 0.305 e. The molecule has 0 saturated carbocycles. The minimum Gasteiger partial charge on any atom is -0.463 e. The van der Waals surface area contributed by atoms with E-state index in [-0.39, 0.29) is 54.7 Å². The van der Waals surface area contributed by atoms with Gasteiger partial charge in [0, 0.05) is 38.5 Å². The van der Waals surface area contributed by atoms with Gasteiger partial charge in [-0.1, -0.05) is 34.1 Å². The Morgan fingerprint density at radius 1 is 0.804 bits per heavy atom. The summed E-state index contributed by atoms with van der Waals surface area (Å²) in [5.41, 5.74) is 4.47. The zero-order valence-electron chi connectivity index (χ0n) is 28.0. The van der Waals surface area contributed by atoms with E-state index in [0.717, 1.165) is 4.90 Å². The number of amides is 6. The van der Waals surface area contributed by atoms with E-state index in [0.29, 0.717) is 32.2 Å². The van der Waals surface area contributed by atoms with E-state index in [4.69, 9.17) is 4.74 Å². The molecule has 4 N–H and O–H groups in total. The van der Waals surface area contributed by atoms with Gasteiger partial charge in [0.2, 0.25) is 17.7 Å². The number of Topliss-reactive ketones (excluding diaryl/α,β-unsaturated/α-hetero) is 1. The lowest BCUT2D eigenvalue weighted by Gasteiger charge is -2.32. The van der Waals surface area contributed by atoms with Crippen LogP contribution in [0.1, 0.15) is 80.1 Å². The van der Waals surface area contributed by atoms with Gasteiger partial charge < -0.3 is 15.4 Å². The van der Waals surface area contributed by atoms with Gasteiger partial charge in [-0.15, -0.1) is 0 Å². The fourth-order valence-electron chi connectivity index (χ4n) is 4.94. The molecule has 0 radical (unpaired) electrons. The molecular formula is C31H50N6O9. The Bertz CT molecular complexity index is 1140. The zero-order valence-corrected chi connectivity index (χ0v) is 28.0. The molecule has 258 valence electrons. The number of unbranched alkanes of at least 4 members (excludes halogenated alkanes) is 2. The average molecular weight is 651 g/mol. The molecule has 1 rings (SSSR count). The summed E-state index contributed by atoms with van der Waals surface area (Å²) in [5, 5.41) is 5.21. The van der Waals surface area contributed by atoms with Crippen LogP contribution < -0.4 is 21.5 Å². The molecule has 1 aliphatic rings. The molecule has 1 aliphatic heterocycles. The summed E-state index contributed by atoms with van der Waals surface area (Å²) < 4.78 is 5.21. The maximum atomic E-state index is 13.0. The Kier molecular flexibility index (Phi) is 17.4. The Morgan fingerprint density at radius 2 is 1.43 bits per heavy atom. The number of carbonyl (C=O) groups is 8. The third-order valence-electron chi connectivity index (χ3n) is 7.29. The van der Waals surface area contributed by atoms with E-state index in [9.17, 15) is 38.4 Å². The second kappa shape index (κ2) is 20.1. The van der Waals surface area contributed by atoms with E-state index in [1.165, 1.54) is 26.0 Å². The summed E-state index contributed by atoms with van der Waals surface area (Å²) in [6.07, 6.45) is 4.38. The highest BCUT2D eigenvalue weighted by atomic mass is 16.5. The van der Waals surface area contributed by atoms with Crippen molar-refractivity contribution in [3.8, 4) is 0 Å². The van der Waals surface area contributed by atoms with Crippen molar-refractivity contribution in [3.63, 3.8) is 0 Å². The molecule has 0 spiro atoms. The molecule has 0 aromatic rings. The predicted molar refractivity (Wildman–Crippen MR) is 167 cm³/mol. The number of ether oxygens (including phenoxy) is 1. The molecule has 0 fully saturated rings. The number of carbonyl (C=O) groups excluding carboxylic acids is 8. The van der Waals surface area contributed by atoms with Crippen LogP contribution in [0, 0.1) is 11.8 Å². The molecule has 0 aliphatic carbocycles. The Morgan fingerprint density at radius 3 is 1.98 bits per heavy atom. The second-order valence-electron chi connectivity index (χ2n) is 12.1. The van der Waals surface area contributed by atoms with Crippen LogP contribution in [0.15, 0.2) is 12.2 Å². The SMILES string of the molecule is CC(=O)NC(COC(=O)CCCN(C)C(C(=O)N[C@H](C(C)=O)C(C)C)C(C)C)C(=O)NNC(=O)CCCCCN1C(=O)C=CC1=O. The molecule has 0 aromatic heterocycles. The number of likely N-dealkylation sites (N-methyl/N-ethyl adjacent to an activating group) is 1. The molecular weight excluding hydrogens is 600 g/mol. The molecule has 15 nitrogen and oxygen atoms in total. The van der Waals surface area contributed by atoms with Crippen molar-refractivity contribution in [2.24, 2.45) is 11.8 Å². The van der Waals surface area contributed by atoms with Crippen molar-refractivity contribution < 1.29 is 43.1 Å². The van der Waals surface area contributed by atoms with Crippen molar-refractivity contribution in [2.75, 3.05) is 26.7 Å². The van der Waals surface area contributed by atoms with Crippen LogP contribution >= 0.6 is 0 Å². The third kappa shape index (κ3) is 14.3. The second-order valence-corrected chi connectivity index (χ2v) is 12.1. The van der Waals surface area contributed by atoms with Gasteiger partial charge in [-0.2, -0.15) is 0 Å².